The molecule has 0 unspecified atom stereocenters. The number of ether oxygens (including phenoxy) is 1. The second-order valence-corrected chi connectivity index (χ2v) is 2.96. The molecular formula is C11H14FNO2. The first-order valence-electron chi connectivity index (χ1n) is 4.59. The van der Waals surface area contributed by atoms with Crippen molar-refractivity contribution >= 4 is 6.08 Å². The Kier molecular flexibility index (Phi) is 4.80. The summed E-state index contributed by atoms with van der Waals surface area (Å²) in [6.07, 6.45) is 4.37. The maximum atomic E-state index is 13.2. The first-order valence-corrected chi connectivity index (χ1v) is 4.59. The van der Waals surface area contributed by atoms with E-state index in [0.29, 0.717) is 13.0 Å². The van der Waals surface area contributed by atoms with E-state index in [1.165, 1.54) is 13.2 Å². The Hall–Kier alpha value is -1.39. The topological polar surface area (TPSA) is 44.5 Å². The van der Waals surface area contributed by atoms with Crippen LogP contribution in [0.3, 0.4) is 0 Å². The molecule has 0 bridgehead atoms. The molecule has 82 valence electrons. The van der Waals surface area contributed by atoms with Crippen LogP contribution in [0.5, 0.6) is 5.75 Å². The third kappa shape index (κ3) is 3.69. The molecule has 0 fully saturated rings. The van der Waals surface area contributed by atoms with E-state index in [1.807, 2.05) is 12.2 Å². The van der Waals surface area contributed by atoms with Gasteiger partial charge in [0.15, 0.2) is 11.6 Å². The second-order valence-electron chi connectivity index (χ2n) is 2.96. The van der Waals surface area contributed by atoms with Gasteiger partial charge < -0.3 is 9.57 Å². The van der Waals surface area contributed by atoms with Gasteiger partial charge in [0, 0.05) is 0 Å². The fourth-order valence-electron chi connectivity index (χ4n) is 1.14. The highest BCUT2D eigenvalue weighted by molar-refractivity contribution is 5.50. The number of benzene rings is 1. The Labute approximate surface area is 88.3 Å². The maximum absolute atomic E-state index is 13.2. The average molecular weight is 211 g/mol. The molecule has 0 saturated heterocycles. The summed E-state index contributed by atoms with van der Waals surface area (Å²) >= 11 is 0. The molecule has 0 radical (unpaired) electrons. The Balaban J connectivity index is 2.63. The van der Waals surface area contributed by atoms with Gasteiger partial charge in [-0.25, -0.2) is 10.3 Å². The highest BCUT2D eigenvalue weighted by Crippen LogP contribution is 2.18. The Morgan fingerprint density at radius 2 is 2.27 bits per heavy atom. The Bertz CT molecular complexity index is 339. The minimum Gasteiger partial charge on any atom is -0.494 e. The molecule has 15 heavy (non-hydrogen) atoms. The van der Waals surface area contributed by atoms with Gasteiger partial charge in [0.05, 0.1) is 13.7 Å². The van der Waals surface area contributed by atoms with E-state index in [-0.39, 0.29) is 11.6 Å². The molecule has 0 aliphatic heterocycles. The molecule has 1 aromatic carbocycles. The van der Waals surface area contributed by atoms with Crippen LogP contribution < -0.4 is 10.6 Å². The zero-order chi connectivity index (χ0) is 11.1. The number of hydrogen-bond donors (Lipinski definition) is 1. The van der Waals surface area contributed by atoms with Crippen molar-refractivity contribution in [3.63, 3.8) is 0 Å². The molecule has 4 heteroatoms. The Morgan fingerprint density at radius 1 is 1.47 bits per heavy atom. The summed E-state index contributed by atoms with van der Waals surface area (Å²) in [6.45, 7) is 0.454. The first kappa shape index (κ1) is 11.7. The third-order valence-electron chi connectivity index (χ3n) is 1.89. The van der Waals surface area contributed by atoms with Crippen molar-refractivity contribution in [2.24, 2.45) is 5.90 Å². The van der Waals surface area contributed by atoms with Gasteiger partial charge in [-0.2, -0.15) is 0 Å². The van der Waals surface area contributed by atoms with Crippen LogP contribution in [0.15, 0.2) is 24.3 Å². The quantitative estimate of drug-likeness (QED) is 0.599. The van der Waals surface area contributed by atoms with Gasteiger partial charge in [0.25, 0.3) is 0 Å². The lowest BCUT2D eigenvalue weighted by Gasteiger charge is -2.01. The third-order valence-corrected chi connectivity index (χ3v) is 1.89. The fraction of sp³-hybridized carbons (Fsp3) is 0.273. The lowest BCUT2D eigenvalue weighted by molar-refractivity contribution is 0.143. The maximum Gasteiger partial charge on any atom is 0.165 e. The number of methoxy groups -OCH3 is 1. The monoisotopic (exact) mass is 211 g/mol. The van der Waals surface area contributed by atoms with Gasteiger partial charge >= 0.3 is 0 Å². The Morgan fingerprint density at radius 3 is 2.87 bits per heavy atom. The number of nitrogens with two attached hydrogens (primary N) is 1. The molecule has 2 N–H and O–H groups in total. The molecule has 0 heterocycles. The van der Waals surface area contributed by atoms with Crippen molar-refractivity contribution in [2.45, 2.75) is 6.42 Å². The van der Waals surface area contributed by atoms with E-state index in [0.717, 1.165) is 5.56 Å². The SMILES string of the molecule is COc1ccc(/C=C/CCON)cc1F. The minimum absolute atomic E-state index is 0.248. The molecule has 0 saturated carbocycles. The van der Waals surface area contributed by atoms with Gasteiger partial charge in [0.2, 0.25) is 0 Å². The largest absolute Gasteiger partial charge is 0.494 e. The molecule has 0 amide bonds. The lowest BCUT2D eigenvalue weighted by atomic mass is 10.2. The van der Waals surface area contributed by atoms with Gasteiger partial charge in [0.1, 0.15) is 0 Å². The minimum atomic E-state index is -0.366. The molecule has 0 aliphatic carbocycles. The predicted octanol–water partition coefficient (Wildman–Crippen LogP) is 2.13. The fourth-order valence-corrected chi connectivity index (χ4v) is 1.14. The summed E-state index contributed by atoms with van der Waals surface area (Å²) in [5, 5.41) is 0. The van der Waals surface area contributed by atoms with Crippen LogP contribution in [-0.2, 0) is 4.84 Å². The normalized spacial score (nSPS) is 10.9. The van der Waals surface area contributed by atoms with Gasteiger partial charge in [-0.15, -0.1) is 0 Å². The van der Waals surface area contributed by atoms with Crippen molar-refractivity contribution in [3.05, 3.63) is 35.7 Å². The van der Waals surface area contributed by atoms with Crippen LogP contribution in [0, 0.1) is 5.82 Å². The van der Waals surface area contributed by atoms with E-state index >= 15 is 0 Å². The van der Waals surface area contributed by atoms with Crippen LogP contribution >= 0.6 is 0 Å². The van der Waals surface area contributed by atoms with Crippen LogP contribution in [-0.4, -0.2) is 13.7 Å². The van der Waals surface area contributed by atoms with E-state index < -0.39 is 0 Å². The molecular weight excluding hydrogens is 197 g/mol. The van der Waals surface area contributed by atoms with Gasteiger partial charge in [-0.05, 0) is 24.1 Å². The van der Waals surface area contributed by atoms with E-state index in [4.69, 9.17) is 10.6 Å². The standard InChI is InChI=1S/C11H14FNO2/c1-14-11-6-5-9(8-10(11)12)4-2-3-7-15-13/h2,4-6,8H,3,7,13H2,1H3/b4-2+. The first-order chi connectivity index (χ1) is 7.27. The van der Waals surface area contributed by atoms with Crippen molar-refractivity contribution in [1.29, 1.82) is 0 Å². The molecule has 1 rings (SSSR count). The molecule has 0 aliphatic rings. The number of hydrogen-bond acceptors (Lipinski definition) is 3. The lowest BCUT2D eigenvalue weighted by Crippen LogP contribution is -1.98. The summed E-state index contributed by atoms with van der Waals surface area (Å²) in [5.41, 5.74) is 0.783. The molecule has 0 aromatic heterocycles. The zero-order valence-electron chi connectivity index (χ0n) is 8.57. The van der Waals surface area contributed by atoms with Crippen LogP contribution in [0.4, 0.5) is 4.39 Å². The van der Waals surface area contributed by atoms with E-state index in [9.17, 15) is 4.39 Å². The molecule has 1 aromatic rings. The van der Waals surface area contributed by atoms with Crippen molar-refractivity contribution in [1.82, 2.24) is 0 Å². The van der Waals surface area contributed by atoms with E-state index in [1.54, 1.807) is 12.1 Å². The highest BCUT2D eigenvalue weighted by atomic mass is 19.1. The molecule has 0 spiro atoms. The van der Waals surface area contributed by atoms with Crippen LogP contribution in [0.2, 0.25) is 0 Å². The second kappa shape index (κ2) is 6.16. The average Bonchev–Trinajstić information content (AvgIpc) is 2.25. The molecule has 0 atom stereocenters. The van der Waals surface area contributed by atoms with E-state index in [2.05, 4.69) is 4.84 Å². The zero-order valence-corrected chi connectivity index (χ0v) is 8.57. The van der Waals surface area contributed by atoms with Gasteiger partial charge in [-0.3, -0.25) is 0 Å². The smallest absolute Gasteiger partial charge is 0.165 e. The number of halogens is 1. The summed E-state index contributed by atoms with van der Waals surface area (Å²) in [7, 11) is 1.44. The summed E-state index contributed by atoms with van der Waals surface area (Å²) in [6, 6.07) is 4.79. The predicted molar refractivity (Wildman–Crippen MR) is 56.7 cm³/mol. The van der Waals surface area contributed by atoms with Crippen LogP contribution in [0.1, 0.15) is 12.0 Å². The van der Waals surface area contributed by atoms with Crippen LogP contribution in [0.25, 0.3) is 6.08 Å². The highest BCUT2D eigenvalue weighted by Gasteiger charge is 2.00. The van der Waals surface area contributed by atoms with Crippen molar-refractivity contribution < 1.29 is 14.0 Å². The summed E-state index contributed by atoms with van der Waals surface area (Å²) in [5.74, 6) is 4.74. The summed E-state index contributed by atoms with van der Waals surface area (Å²) < 4.78 is 18.0. The van der Waals surface area contributed by atoms with Crippen molar-refractivity contribution in [3.8, 4) is 5.75 Å². The summed E-state index contributed by atoms with van der Waals surface area (Å²) in [4.78, 5) is 4.39. The molecule has 3 nitrogen and oxygen atoms in total. The van der Waals surface area contributed by atoms with Gasteiger partial charge in [-0.1, -0.05) is 18.2 Å². The van der Waals surface area contributed by atoms with Crippen molar-refractivity contribution in [2.75, 3.05) is 13.7 Å². The number of rotatable bonds is 5.